The molecule has 0 heterocycles. The van der Waals surface area contributed by atoms with Crippen molar-refractivity contribution in [1.82, 2.24) is 0 Å². The van der Waals surface area contributed by atoms with Crippen LogP contribution >= 0.6 is 0 Å². The van der Waals surface area contributed by atoms with Gasteiger partial charge in [0.15, 0.2) is 0 Å². The second kappa shape index (κ2) is 6.10. The van der Waals surface area contributed by atoms with Crippen molar-refractivity contribution in [2.75, 3.05) is 0 Å². The third-order valence-corrected chi connectivity index (χ3v) is 5.72. The van der Waals surface area contributed by atoms with Crippen molar-refractivity contribution in [3.05, 3.63) is 54.1 Å². The first-order chi connectivity index (χ1) is 10.9. The number of aryl methyl sites for hydroxylation is 1. The van der Waals surface area contributed by atoms with Crippen molar-refractivity contribution in [1.29, 1.82) is 0 Å². The Kier molecular flexibility index (Phi) is 4.64. The number of halogens is 3. The van der Waals surface area contributed by atoms with E-state index < -0.39 is 31.2 Å². The summed E-state index contributed by atoms with van der Waals surface area (Å²) in [5.74, 6) is -0.643. The third-order valence-electron chi connectivity index (χ3n) is 2.95. The number of alkyl halides is 3. The molecule has 0 radical (unpaired) electrons. The molecule has 2 aromatic carbocycles. The molecular formula is C14H11F3O5S2. The van der Waals surface area contributed by atoms with E-state index in [1.165, 1.54) is 12.1 Å². The molecule has 0 bridgehead atoms. The number of sulfone groups is 1. The quantitative estimate of drug-likeness (QED) is 0.602. The summed E-state index contributed by atoms with van der Waals surface area (Å²) < 4.78 is 87.1. The molecule has 0 aliphatic carbocycles. The smallest absolute Gasteiger partial charge is 0.376 e. The molecule has 10 heteroatoms. The van der Waals surface area contributed by atoms with Gasteiger partial charge in [0.1, 0.15) is 5.75 Å². The van der Waals surface area contributed by atoms with Crippen LogP contribution in [0.2, 0.25) is 0 Å². The molecule has 0 aliphatic heterocycles. The number of benzene rings is 2. The van der Waals surface area contributed by atoms with Gasteiger partial charge in [0.05, 0.1) is 9.79 Å². The molecule has 0 atom stereocenters. The Morgan fingerprint density at radius 1 is 0.792 bits per heavy atom. The lowest BCUT2D eigenvalue weighted by Crippen LogP contribution is -2.28. The predicted molar refractivity (Wildman–Crippen MR) is 78.7 cm³/mol. The molecule has 0 amide bonds. The minimum atomic E-state index is -5.81. The van der Waals surface area contributed by atoms with E-state index in [1.807, 2.05) is 0 Å². The fourth-order valence-electron chi connectivity index (χ4n) is 1.70. The van der Waals surface area contributed by atoms with E-state index in [4.69, 9.17) is 0 Å². The maximum Gasteiger partial charge on any atom is 0.534 e. The van der Waals surface area contributed by atoms with Gasteiger partial charge in [-0.25, -0.2) is 8.42 Å². The van der Waals surface area contributed by atoms with Gasteiger partial charge >= 0.3 is 15.6 Å². The Morgan fingerprint density at radius 3 is 1.62 bits per heavy atom. The van der Waals surface area contributed by atoms with E-state index in [-0.39, 0.29) is 9.79 Å². The van der Waals surface area contributed by atoms with Crippen LogP contribution in [-0.4, -0.2) is 22.3 Å². The minimum Gasteiger partial charge on any atom is -0.376 e. The van der Waals surface area contributed by atoms with Gasteiger partial charge in [0, 0.05) is 0 Å². The van der Waals surface area contributed by atoms with Gasteiger partial charge in [0.2, 0.25) is 9.84 Å². The van der Waals surface area contributed by atoms with Gasteiger partial charge in [-0.2, -0.15) is 21.6 Å². The zero-order chi connectivity index (χ0) is 18.2. The highest BCUT2D eigenvalue weighted by Crippen LogP contribution is 2.28. The first-order valence-electron chi connectivity index (χ1n) is 6.36. The Balaban J connectivity index is 2.31. The molecule has 24 heavy (non-hydrogen) atoms. The van der Waals surface area contributed by atoms with E-state index in [2.05, 4.69) is 4.18 Å². The molecule has 5 nitrogen and oxygen atoms in total. The highest BCUT2D eigenvalue weighted by atomic mass is 32.2. The highest BCUT2D eigenvalue weighted by molar-refractivity contribution is 7.91. The summed E-state index contributed by atoms with van der Waals surface area (Å²) in [6, 6.07) is 9.59. The number of rotatable bonds is 4. The minimum absolute atomic E-state index is 0.00433. The average Bonchev–Trinajstić information content (AvgIpc) is 2.46. The third kappa shape index (κ3) is 3.70. The number of hydrogen-bond acceptors (Lipinski definition) is 5. The lowest BCUT2D eigenvalue weighted by molar-refractivity contribution is -0.0500. The molecule has 0 unspecified atom stereocenters. The molecule has 2 aromatic rings. The maximum atomic E-state index is 12.4. The van der Waals surface area contributed by atoms with Gasteiger partial charge in [-0.3, -0.25) is 0 Å². The maximum absolute atomic E-state index is 12.4. The van der Waals surface area contributed by atoms with Crippen molar-refractivity contribution in [3.63, 3.8) is 0 Å². The van der Waals surface area contributed by atoms with E-state index in [0.717, 1.165) is 29.8 Å². The second-order valence-electron chi connectivity index (χ2n) is 4.77. The standard InChI is InChI=1S/C14H11F3O5S2/c1-10-2-6-12(7-3-10)23(18,19)13-8-4-11(5-9-13)22-24(20,21)14(15,16)17/h2-9H,1H3. The van der Waals surface area contributed by atoms with Crippen molar-refractivity contribution in [2.45, 2.75) is 22.2 Å². The van der Waals surface area contributed by atoms with Crippen LogP contribution in [0.15, 0.2) is 58.3 Å². The first-order valence-corrected chi connectivity index (χ1v) is 9.25. The molecule has 130 valence electrons. The summed E-state index contributed by atoms with van der Waals surface area (Å²) in [5, 5.41) is 0. The van der Waals surface area contributed by atoms with Crippen LogP contribution in [-0.2, 0) is 20.0 Å². The Labute approximate surface area is 136 Å². The van der Waals surface area contributed by atoms with Gasteiger partial charge < -0.3 is 4.18 Å². The summed E-state index contributed by atoms with van der Waals surface area (Å²) in [6.45, 7) is 1.78. The monoisotopic (exact) mass is 380 g/mol. The first kappa shape index (κ1) is 18.3. The SMILES string of the molecule is Cc1ccc(S(=O)(=O)c2ccc(OS(=O)(=O)C(F)(F)F)cc2)cc1. The molecule has 0 saturated carbocycles. The van der Waals surface area contributed by atoms with Gasteiger partial charge in [-0.15, -0.1) is 0 Å². The fraction of sp³-hybridized carbons (Fsp3) is 0.143. The topological polar surface area (TPSA) is 77.5 Å². The molecule has 0 spiro atoms. The van der Waals surface area contributed by atoms with E-state index in [0.29, 0.717) is 0 Å². The molecule has 0 N–H and O–H groups in total. The van der Waals surface area contributed by atoms with Crippen LogP contribution in [0.5, 0.6) is 5.75 Å². The molecule has 0 aromatic heterocycles. The van der Waals surface area contributed by atoms with E-state index in [1.54, 1.807) is 19.1 Å². The van der Waals surface area contributed by atoms with Crippen molar-refractivity contribution < 1.29 is 34.2 Å². The fourth-order valence-corrected chi connectivity index (χ4v) is 3.42. The summed E-state index contributed by atoms with van der Waals surface area (Å²) >= 11 is 0. The van der Waals surface area contributed by atoms with Crippen LogP contribution in [0.1, 0.15) is 5.56 Å². The zero-order valence-corrected chi connectivity index (χ0v) is 13.7. The lowest BCUT2D eigenvalue weighted by Gasteiger charge is -2.10. The van der Waals surface area contributed by atoms with Gasteiger partial charge in [-0.05, 0) is 43.3 Å². The highest BCUT2D eigenvalue weighted by Gasteiger charge is 2.48. The predicted octanol–water partition coefficient (Wildman–Crippen LogP) is 3.06. The van der Waals surface area contributed by atoms with E-state index in [9.17, 15) is 30.0 Å². The molecule has 0 aliphatic rings. The van der Waals surface area contributed by atoms with Gasteiger partial charge in [-0.1, -0.05) is 17.7 Å². The summed E-state index contributed by atoms with van der Waals surface area (Å²) in [7, 11) is -9.68. The van der Waals surface area contributed by atoms with Crippen LogP contribution in [0.4, 0.5) is 13.2 Å². The largest absolute Gasteiger partial charge is 0.534 e. The van der Waals surface area contributed by atoms with E-state index >= 15 is 0 Å². The Morgan fingerprint density at radius 2 is 1.21 bits per heavy atom. The van der Waals surface area contributed by atoms with Crippen LogP contribution in [0.3, 0.4) is 0 Å². The summed E-state index contributed by atoms with van der Waals surface area (Å²) in [6.07, 6.45) is 0. The second-order valence-corrected chi connectivity index (χ2v) is 8.26. The van der Waals surface area contributed by atoms with Crippen LogP contribution < -0.4 is 4.18 Å². The summed E-state index contributed by atoms with van der Waals surface area (Å²) in [5.41, 5.74) is -4.71. The summed E-state index contributed by atoms with van der Waals surface area (Å²) in [4.78, 5) is -0.201. The van der Waals surface area contributed by atoms with Gasteiger partial charge in [0.25, 0.3) is 0 Å². The van der Waals surface area contributed by atoms with Crippen molar-refractivity contribution >= 4 is 20.0 Å². The zero-order valence-electron chi connectivity index (χ0n) is 12.1. The molecular weight excluding hydrogens is 369 g/mol. The number of hydrogen-bond donors (Lipinski definition) is 0. The normalized spacial score (nSPS) is 12.8. The Hall–Kier alpha value is -2.07. The lowest BCUT2D eigenvalue weighted by atomic mass is 10.2. The molecule has 2 rings (SSSR count). The molecule has 0 fully saturated rings. The van der Waals surface area contributed by atoms with Crippen LogP contribution in [0.25, 0.3) is 0 Å². The average molecular weight is 380 g/mol. The molecule has 0 saturated heterocycles. The van der Waals surface area contributed by atoms with Crippen molar-refractivity contribution in [2.24, 2.45) is 0 Å². The Bertz CT molecular complexity index is 929. The van der Waals surface area contributed by atoms with Crippen LogP contribution in [0, 0.1) is 6.92 Å². The van der Waals surface area contributed by atoms with Crippen molar-refractivity contribution in [3.8, 4) is 5.75 Å².